The summed E-state index contributed by atoms with van der Waals surface area (Å²) in [4.78, 5) is 32.6. The van der Waals surface area contributed by atoms with Crippen molar-refractivity contribution in [3.8, 4) is 5.69 Å². The third-order valence-electron chi connectivity index (χ3n) is 3.58. The van der Waals surface area contributed by atoms with Gasteiger partial charge in [-0.25, -0.2) is 9.97 Å². The van der Waals surface area contributed by atoms with Gasteiger partial charge in [-0.1, -0.05) is 11.6 Å². The van der Waals surface area contributed by atoms with Crippen LogP contribution in [0.1, 0.15) is 28.5 Å². The van der Waals surface area contributed by atoms with Gasteiger partial charge >= 0.3 is 5.97 Å². The number of amides is 1. The molecule has 1 N–H and O–H groups in total. The number of hydrogen-bond donors (Lipinski definition) is 1. The summed E-state index contributed by atoms with van der Waals surface area (Å²) >= 11 is 1.27. The molecule has 0 bridgehead atoms. The maximum Gasteiger partial charge on any atom is 0.311 e. The molecule has 2 aromatic heterocycles. The number of aryl methyl sites for hydroxylation is 1. The number of thiazole rings is 1. The Balaban J connectivity index is 1.78. The number of esters is 1. The van der Waals surface area contributed by atoms with Crippen LogP contribution in [0.15, 0.2) is 42.3 Å². The number of rotatable bonds is 6. The summed E-state index contributed by atoms with van der Waals surface area (Å²) in [5, 5.41) is 4.97. The molecule has 0 atom stereocenters. The monoisotopic (exact) mass is 370 g/mol. The lowest BCUT2D eigenvalue weighted by Crippen LogP contribution is -2.15. The number of ether oxygens (including phenoxy) is 1. The van der Waals surface area contributed by atoms with Crippen molar-refractivity contribution in [3.05, 3.63) is 59.1 Å². The molecule has 0 aliphatic carbocycles. The molecule has 0 aliphatic rings. The van der Waals surface area contributed by atoms with E-state index in [0.717, 1.165) is 11.3 Å². The van der Waals surface area contributed by atoms with Crippen LogP contribution in [-0.4, -0.2) is 33.0 Å². The van der Waals surface area contributed by atoms with E-state index in [-0.39, 0.29) is 18.3 Å². The van der Waals surface area contributed by atoms with E-state index in [1.165, 1.54) is 11.3 Å². The Bertz CT molecular complexity index is 918. The molecule has 0 spiro atoms. The van der Waals surface area contributed by atoms with Crippen LogP contribution in [0.2, 0.25) is 0 Å². The molecule has 0 unspecified atom stereocenters. The Labute approximate surface area is 154 Å². The number of carbonyl (C=O) groups excluding carboxylic acids is 2. The molecule has 8 heteroatoms. The second-order valence-corrected chi connectivity index (χ2v) is 6.43. The summed E-state index contributed by atoms with van der Waals surface area (Å²) in [6, 6.07) is 5.63. The highest BCUT2D eigenvalue weighted by Gasteiger charge is 2.16. The first-order chi connectivity index (χ1) is 12.6. The molecule has 1 aromatic carbocycles. The largest absolute Gasteiger partial charge is 0.466 e. The highest BCUT2D eigenvalue weighted by Crippen LogP contribution is 2.21. The highest BCUT2D eigenvalue weighted by molar-refractivity contribution is 7.14. The molecule has 7 nitrogen and oxygen atoms in total. The lowest BCUT2D eigenvalue weighted by atomic mass is 10.1. The fourth-order valence-corrected chi connectivity index (χ4v) is 3.13. The van der Waals surface area contributed by atoms with Gasteiger partial charge in [-0.05, 0) is 26.0 Å². The summed E-state index contributed by atoms with van der Waals surface area (Å²) in [6.07, 6.45) is 5.17. The highest BCUT2D eigenvalue weighted by atomic mass is 32.1. The van der Waals surface area contributed by atoms with E-state index < -0.39 is 0 Å². The minimum Gasteiger partial charge on any atom is -0.466 e. The topological polar surface area (TPSA) is 86.1 Å². The predicted octanol–water partition coefficient (Wildman–Crippen LogP) is 3.00. The third kappa shape index (κ3) is 4.15. The van der Waals surface area contributed by atoms with Crippen LogP contribution in [0.5, 0.6) is 0 Å². The van der Waals surface area contributed by atoms with Gasteiger partial charge in [0.05, 0.1) is 36.3 Å². The van der Waals surface area contributed by atoms with Gasteiger partial charge in [0, 0.05) is 17.8 Å². The van der Waals surface area contributed by atoms with Crippen LogP contribution >= 0.6 is 11.3 Å². The third-order valence-corrected chi connectivity index (χ3v) is 4.39. The van der Waals surface area contributed by atoms with Crippen LogP contribution in [0, 0.1) is 6.92 Å². The van der Waals surface area contributed by atoms with E-state index in [1.54, 1.807) is 35.6 Å². The average molecular weight is 370 g/mol. The molecule has 26 heavy (non-hydrogen) atoms. The molecule has 0 saturated heterocycles. The van der Waals surface area contributed by atoms with Crippen molar-refractivity contribution in [2.75, 3.05) is 11.9 Å². The molecule has 0 saturated carbocycles. The van der Waals surface area contributed by atoms with Crippen molar-refractivity contribution in [1.29, 1.82) is 0 Å². The number of anilines is 1. The van der Waals surface area contributed by atoms with E-state index in [0.29, 0.717) is 23.0 Å². The van der Waals surface area contributed by atoms with Gasteiger partial charge in [-0.3, -0.25) is 14.9 Å². The smallest absolute Gasteiger partial charge is 0.311 e. The maximum atomic E-state index is 12.7. The second kappa shape index (κ2) is 7.92. The number of imidazole rings is 1. The van der Waals surface area contributed by atoms with Crippen LogP contribution in [0.3, 0.4) is 0 Å². The minimum absolute atomic E-state index is 0.0882. The standard InChI is InChI=1S/C18H18N4O3S/c1-3-25-16(23)9-13-10-26-18(20-13)21-17(24)14-8-12(2)4-5-15(14)22-7-6-19-11-22/h4-8,10-11H,3,9H2,1-2H3,(H,20,21,24). The second-order valence-electron chi connectivity index (χ2n) is 5.57. The zero-order valence-corrected chi connectivity index (χ0v) is 15.2. The molecule has 1 amide bonds. The first kappa shape index (κ1) is 17.8. The fraction of sp³-hybridized carbons (Fsp3) is 0.222. The Hall–Kier alpha value is -3.00. The molecule has 134 valence electrons. The van der Waals surface area contributed by atoms with Gasteiger partial charge in [-0.15, -0.1) is 11.3 Å². The molecule has 3 rings (SSSR count). The SMILES string of the molecule is CCOC(=O)Cc1csc(NC(=O)c2cc(C)ccc2-n2ccnc2)n1. The number of carbonyl (C=O) groups is 2. The van der Waals surface area contributed by atoms with Gasteiger partial charge < -0.3 is 9.30 Å². The summed E-state index contributed by atoms with van der Waals surface area (Å²) in [7, 11) is 0. The van der Waals surface area contributed by atoms with Crippen molar-refractivity contribution < 1.29 is 14.3 Å². The van der Waals surface area contributed by atoms with E-state index in [2.05, 4.69) is 15.3 Å². The lowest BCUT2D eigenvalue weighted by Gasteiger charge is -2.10. The van der Waals surface area contributed by atoms with Crippen molar-refractivity contribution in [3.63, 3.8) is 0 Å². The molecule has 0 aliphatic heterocycles. The molecular formula is C18H18N4O3S. The van der Waals surface area contributed by atoms with Crippen molar-refractivity contribution in [1.82, 2.24) is 14.5 Å². The van der Waals surface area contributed by atoms with E-state index in [1.807, 2.05) is 25.1 Å². The first-order valence-corrected chi connectivity index (χ1v) is 8.95. The molecule has 0 radical (unpaired) electrons. The van der Waals surface area contributed by atoms with Crippen LogP contribution in [-0.2, 0) is 16.0 Å². The van der Waals surface area contributed by atoms with E-state index in [9.17, 15) is 9.59 Å². The van der Waals surface area contributed by atoms with E-state index >= 15 is 0 Å². The molecule has 2 heterocycles. The van der Waals surface area contributed by atoms with Crippen LogP contribution in [0.25, 0.3) is 5.69 Å². The fourth-order valence-electron chi connectivity index (χ4n) is 2.43. The predicted molar refractivity (Wildman–Crippen MR) is 98.7 cm³/mol. The number of nitrogens with zero attached hydrogens (tertiary/aromatic N) is 3. The summed E-state index contributed by atoms with van der Waals surface area (Å²) in [6.45, 7) is 4.01. The Kier molecular flexibility index (Phi) is 5.43. The molecular weight excluding hydrogens is 352 g/mol. The quantitative estimate of drug-likeness (QED) is 0.674. The number of hydrogen-bond acceptors (Lipinski definition) is 6. The normalized spacial score (nSPS) is 10.5. The van der Waals surface area contributed by atoms with Gasteiger partial charge in [0.25, 0.3) is 5.91 Å². The van der Waals surface area contributed by atoms with Gasteiger partial charge in [0.15, 0.2) is 5.13 Å². The lowest BCUT2D eigenvalue weighted by molar-refractivity contribution is -0.142. The zero-order chi connectivity index (χ0) is 18.5. The van der Waals surface area contributed by atoms with Crippen molar-refractivity contribution in [2.24, 2.45) is 0 Å². The van der Waals surface area contributed by atoms with Gasteiger partial charge in [-0.2, -0.15) is 0 Å². The van der Waals surface area contributed by atoms with Crippen LogP contribution in [0.4, 0.5) is 5.13 Å². The number of nitrogens with one attached hydrogen (secondary N) is 1. The number of aromatic nitrogens is 3. The van der Waals surface area contributed by atoms with Crippen molar-refractivity contribution >= 4 is 28.3 Å². The maximum absolute atomic E-state index is 12.7. The minimum atomic E-state index is -0.336. The molecule has 0 fully saturated rings. The van der Waals surface area contributed by atoms with Gasteiger partial charge in [0.1, 0.15) is 0 Å². The first-order valence-electron chi connectivity index (χ1n) is 8.07. The molecule has 3 aromatic rings. The summed E-state index contributed by atoms with van der Waals surface area (Å²) < 4.78 is 6.69. The van der Waals surface area contributed by atoms with E-state index in [4.69, 9.17) is 4.74 Å². The Morgan fingerprint density at radius 1 is 1.35 bits per heavy atom. The Morgan fingerprint density at radius 3 is 2.92 bits per heavy atom. The average Bonchev–Trinajstić information content (AvgIpc) is 3.27. The summed E-state index contributed by atoms with van der Waals surface area (Å²) in [5.41, 5.74) is 2.79. The van der Waals surface area contributed by atoms with Crippen LogP contribution < -0.4 is 5.32 Å². The van der Waals surface area contributed by atoms with Gasteiger partial charge in [0.2, 0.25) is 0 Å². The Morgan fingerprint density at radius 2 is 2.19 bits per heavy atom. The van der Waals surface area contributed by atoms with Crippen molar-refractivity contribution in [2.45, 2.75) is 20.3 Å². The summed E-state index contributed by atoms with van der Waals surface area (Å²) in [5.74, 6) is -0.605. The number of benzene rings is 1. The zero-order valence-electron chi connectivity index (χ0n) is 14.4.